The van der Waals surface area contributed by atoms with Gasteiger partial charge in [0.2, 0.25) is 0 Å². The van der Waals surface area contributed by atoms with E-state index in [2.05, 4.69) is 11.4 Å². The molecule has 1 aromatic rings. The highest BCUT2D eigenvalue weighted by atomic mass is 35.5. The maximum atomic E-state index is 6.23. The van der Waals surface area contributed by atoms with Crippen molar-refractivity contribution in [2.24, 2.45) is 5.41 Å². The molecular formula is C13H16ClNS. The predicted molar refractivity (Wildman–Crippen MR) is 71.6 cm³/mol. The van der Waals surface area contributed by atoms with Crippen LogP contribution in [0.25, 0.3) is 0 Å². The van der Waals surface area contributed by atoms with E-state index in [9.17, 15) is 0 Å². The van der Waals surface area contributed by atoms with Gasteiger partial charge in [0, 0.05) is 17.2 Å². The van der Waals surface area contributed by atoms with E-state index in [0.29, 0.717) is 5.41 Å². The minimum absolute atomic E-state index is 0.521. The van der Waals surface area contributed by atoms with Crippen LogP contribution in [-0.2, 0) is 0 Å². The van der Waals surface area contributed by atoms with Crippen LogP contribution >= 0.6 is 23.4 Å². The van der Waals surface area contributed by atoms with Crippen LogP contribution in [0.5, 0.6) is 0 Å². The van der Waals surface area contributed by atoms with Crippen LogP contribution in [0.1, 0.15) is 25.7 Å². The molecule has 1 aromatic carbocycles. The summed E-state index contributed by atoms with van der Waals surface area (Å²) in [4.78, 5) is 1.32. The van der Waals surface area contributed by atoms with Crippen molar-refractivity contribution < 1.29 is 0 Å². The molecule has 0 saturated heterocycles. The predicted octanol–water partition coefficient (Wildman–Crippen LogP) is 4.42. The zero-order valence-electron chi connectivity index (χ0n) is 9.26. The zero-order valence-corrected chi connectivity index (χ0v) is 10.8. The van der Waals surface area contributed by atoms with Crippen molar-refractivity contribution in [1.29, 1.82) is 0 Å². The molecule has 0 atom stereocenters. The van der Waals surface area contributed by atoms with Crippen LogP contribution in [0.2, 0.25) is 5.02 Å². The summed E-state index contributed by atoms with van der Waals surface area (Å²) in [5, 5.41) is 4.43. The second kappa shape index (κ2) is 4.15. The van der Waals surface area contributed by atoms with Crippen molar-refractivity contribution in [3.05, 3.63) is 23.2 Å². The molecule has 1 aliphatic heterocycles. The Balaban J connectivity index is 1.89. The smallest absolute Gasteiger partial charge is 0.0667 e. The monoisotopic (exact) mass is 253 g/mol. The van der Waals surface area contributed by atoms with Gasteiger partial charge in [-0.05, 0) is 30.4 Å². The van der Waals surface area contributed by atoms with Crippen molar-refractivity contribution in [2.75, 3.05) is 17.6 Å². The molecule has 1 aliphatic carbocycles. The van der Waals surface area contributed by atoms with Crippen LogP contribution in [0.15, 0.2) is 23.1 Å². The van der Waals surface area contributed by atoms with Crippen LogP contribution in [0.4, 0.5) is 5.69 Å². The van der Waals surface area contributed by atoms with Crippen LogP contribution < -0.4 is 5.32 Å². The van der Waals surface area contributed by atoms with Crippen molar-refractivity contribution in [2.45, 2.75) is 30.6 Å². The first-order chi connectivity index (χ1) is 7.79. The van der Waals surface area contributed by atoms with Crippen LogP contribution in [-0.4, -0.2) is 12.3 Å². The summed E-state index contributed by atoms with van der Waals surface area (Å²) in [6.07, 6.45) is 5.54. The molecule has 0 amide bonds. The van der Waals surface area contributed by atoms with Gasteiger partial charge in [0.15, 0.2) is 0 Å². The van der Waals surface area contributed by atoms with E-state index < -0.39 is 0 Å². The number of para-hydroxylation sites is 1. The SMILES string of the molecule is Clc1cccc2c1NCC1(CCCC1)CS2. The molecule has 1 heterocycles. The number of hydrogen-bond donors (Lipinski definition) is 1. The van der Waals surface area contributed by atoms with Crippen molar-refractivity contribution in [1.82, 2.24) is 0 Å². The quantitative estimate of drug-likeness (QED) is 0.735. The minimum atomic E-state index is 0.521. The summed E-state index contributed by atoms with van der Waals surface area (Å²) in [5.41, 5.74) is 1.67. The van der Waals surface area contributed by atoms with E-state index in [1.807, 2.05) is 23.9 Å². The summed E-state index contributed by atoms with van der Waals surface area (Å²) in [5.74, 6) is 1.24. The maximum absolute atomic E-state index is 6.23. The Morgan fingerprint density at radius 1 is 1.25 bits per heavy atom. The average molecular weight is 254 g/mol. The molecule has 0 radical (unpaired) electrons. The zero-order chi connectivity index (χ0) is 11.0. The Bertz CT molecular complexity index is 399. The maximum Gasteiger partial charge on any atom is 0.0667 e. The summed E-state index contributed by atoms with van der Waals surface area (Å²) >= 11 is 8.21. The fraction of sp³-hybridized carbons (Fsp3) is 0.538. The molecule has 1 saturated carbocycles. The Morgan fingerprint density at radius 2 is 2.06 bits per heavy atom. The molecule has 1 nitrogen and oxygen atoms in total. The van der Waals surface area contributed by atoms with E-state index in [0.717, 1.165) is 17.3 Å². The van der Waals surface area contributed by atoms with Gasteiger partial charge >= 0.3 is 0 Å². The number of anilines is 1. The number of nitrogens with one attached hydrogen (secondary N) is 1. The first-order valence-electron chi connectivity index (χ1n) is 5.94. The minimum Gasteiger partial charge on any atom is -0.382 e. The number of halogens is 1. The first-order valence-corrected chi connectivity index (χ1v) is 7.31. The molecule has 0 unspecified atom stereocenters. The van der Waals surface area contributed by atoms with E-state index in [1.165, 1.54) is 36.3 Å². The number of rotatable bonds is 0. The standard InChI is InChI=1S/C13H16ClNS/c14-10-4-3-5-11-12(10)15-8-13(9-16-11)6-1-2-7-13/h3-5,15H,1-2,6-9H2. The lowest BCUT2D eigenvalue weighted by atomic mass is 9.88. The van der Waals surface area contributed by atoms with Crippen LogP contribution in [0.3, 0.4) is 0 Å². The number of thioether (sulfide) groups is 1. The van der Waals surface area contributed by atoms with Gasteiger partial charge in [0.05, 0.1) is 10.7 Å². The van der Waals surface area contributed by atoms with E-state index >= 15 is 0 Å². The van der Waals surface area contributed by atoms with E-state index in [1.54, 1.807) is 0 Å². The lowest BCUT2D eigenvalue weighted by molar-refractivity contribution is 0.373. The lowest BCUT2D eigenvalue weighted by Gasteiger charge is -2.26. The highest BCUT2D eigenvalue weighted by molar-refractivity contribution is 7.99. The number of fused-ring (bicyclic) bond motifs is 1. The fourth-order valence-electron chi connectivity index (χ4n) is 2.80. The third-order valence-electron chi connectivity index (χ3n) is 3.81. The van der Waals surface area contributed by atoms with Gasteiger partial charge in [-0.1, -0.05) is 30.5 Å². The van der Waals surface area contributed by atoms with Gasteiger partial charge in [-0.3, -0.25) is 0 Å². The molecule has 3 heteroatoms. The second-order valence-corrected chi connectivity index (χ2v) is 6.39. The molecule has 1 fully saturated rings. The Kier molecular flexibility index (Phi) is 2.80. The Hall–Kier alpha value is -0.340. The first kappa shape index (κ1) is 10.8. The van der Waals surface area contributed by atoms with Crippen molar-refractivity contribution in [3.8, 4) is 0 Å². The van der Waals surface area contributed by atoms with Gasteiger partial charge in [-0.15, -0.1) is 11.8 Å². The van der Waals surface area contributed by atoms with Crippen molar-refractivity contribution >= 4 is 29.1 Å². The number of hydrogen-bond acceptors (Lipinski definition) is 2. The normalized spacial score (nSPS) is 22.6. The molecule has 16 heavy (non-hydrogen) atoms. The highest BCUT2D eigenvalue weighted by Crippen LogP contribution is 2.47. The molecular weight excluding hydrogens is 238 g/mol. The van der Waals surface area contributed by atoms with E-state index in [4.69, 9.17) is 11.6 Å². The summed E-state index contributed by atoms with van der Waals surface area (Å²) < 4.78 is 0. The highest BCUT2D eigenvalue weighted by Gasteiger charge is 2.35. The summed E-state index contributed by atoms with van der Waals surface area (Å²) in [6.45, 7) is 1.09. The van der Waals surface area contributed by atoms with Crippen molar-refractivity contribution in [3.63, 3.8) is 0 Å². The molecule has 86 valence electrons. The topological polar surface area (TPSA) is 12.0 Å². The van der Waals surface area contributed by atoms with Gasteiger partial charge in [0.1, 0.15) is 0 Å². The number of benzene rings is 1. The molecule has 2 aliphatic rings. The van der Waals surface area contributed by atoms with Gasteiger partial charge < -0.3 is 5.32 Å². The molecule has 3 rings (SSSR count). The Labute approximate surface area is 106 Å². The second-order valence-electron chi connectivity index (χ2n) is 4.96. The molecule has 1 N–H and O–H groups in total. The molecule has 0 aromatic heterocycles. The average Bonchev–Trinajstić information content (AvgIpc) is 2.65. The van der Waals surface area contributed by atoms with E-state index in [-0.39, 0.29) is 0 Å². The largest absolute Gasteiger partial charge is 0.382 e. The summed E-state index contributed by atoms with van der Waals surface area (Å²) in [7, 11) is 0. The Morgan fingerprint density at radius 3 is 2.88 bits per heavy atom. The third-order valence-corrected chi connectivity index (χ3v) is 5.54. The van der Waals surface area contributed by atoms with Gasteiger partial charge in [-0.2, -0.15) is 0 Å². The lowest BCUT2D eigenvalue weighted by Crippen LogP contribution is -2.27. The summed E-state index contributed by atoms with van der Waals surface area (Å²) in [6, 6.07) is 6.19. The fourth-order valence-corrected chi connectivity index (χ4v) is 4.45. The third kappa shape index (κ3) is 1.82. The molecule has 1 spiro atoms. The molecule has 0 bridgehead atoms. The van der Waals surface area contributed by atoms with Crippen LogP contribution in [0, 0.1) is 5.41 Å². The van der Waals surface area contributed by atoms with Gasteiger partial charge in [0.25, 0.3) is 0 Å². The van der Waals surface area contributed by atoms with Gasteiger partial charge in [-0.25, -0.2) is 0 Å².